The number of anilines is 1. The standard InChI is InChI=1S/C14H16Br2N4O/c1-3-4-11(20-7-12(16)17-8-20)14(21)19-13-6-5-10(15)9(2)18-13/h5-8,11H,3-4H2,1-2H3,(H,18,19,21). The molecule has 2 aromatic rings. The smallest absolute Gasteiger partial charge is 0.248 e. The van der Waals surface area contributed by atoms with Crippen molar-refractivity contribution in [2.24, 2.45) is 0 Å². The third-order valence-corrected chi connectivity index (χ3v) is 4.31. The number of amides is 1. The van der Waals surface area contributed by atoms with Crippen LogP contribution >= 0.6 is 31.9 Å². The lowest BCUT2D eigenvalue weighted by molar-refractivity contribution is -0.119. The number of rotatable bonds is 5. The molecule has 0 fully saturated rings. The van der Waals surface area contributed by atoms with Crippen molar-refractivity contribution in [2.75, 3.05) is 5.32 Å². The van der Waals surface area contributed by atoms with Gasteiger partial charge in [-0.15, -0.1) is 0 Å². The number of aromatic nitrogens is 3. The van der Waals surface area contributed by atoms with Gasteiger partial charge in [-0.1, -0.05) is 13.3 Å². The topological polar surface area (TPSA) is 59.8 Å². The van der Waals surface area contributed by atoms with E-state index >= 15 is 0 Å². The number of aryl methyl sites for hydroxylation is 1. The summed E-state index contributed by atoms with van der Waals surface area (Å²) in [6.07, 6.45) is 5.11. The van der Waals surface area contributed by atoms with Crippen molar-refractivity contribution in [1.29, 1.82) is 0 Å². The summed E-state index contributed by atoms with van der Waals surface area (Å²) in [5.74, 6) is 0.469. The van der Waals surface area contributed by atoms with Crippen molar-refractivity contribution in [1.82, 2.24) is 14.5 Å². The van der Waals surface area contributed by atoms with E-state index in [2.05, 4.69) is 47.1 Å². The zero-order valence-corrected chi connectivity index (χ0v) is 15.0. The molecule has 112 valence electrons. The van der Waals surface area contributed by atoms with E-state index < -0.39 is 0 Å². The lowest BCUT2D eigenvalue weighted by Gasteiger charge is -2.17. The minimum atomic E-state index is -0.292. The van der Waals surface area contributed by atoms with Crippen molar-refractivity contribution in [3.05, 3.63) is 39.4 Å². The van der Waals surface area contributed by atoms with E-state index in [-0.39, 0.29) is 11.9 Å². The lowest BCUT2D eigenvalue weighted by Crippen LogP contribution is -2.25. The molecule has 0 aliphatic heterocycles. The second kappa shape index (κ2) is 7.17. The molecule has 2 rings (SSSR count). The summed E-state index contributed by atoms with van der Waals surface area (Å²) in [6, 6.07) is 3.36. The largest absolute Gasteiger partial charge is 0.324 e. The molecule has 0 saturated carbocycles. The first-order chi connectivity index (χ1) is 10.0. The Kier molecular flexibility index (Phi) is 5.52. The molecule has 1 unspecified atom stereocenters. The van der Waals surface area contributed by atoms with Gasteiger partial charge in [0.25, 0.3) is 0 Å². The highest BCUT2D eigenvalue weighted by molar-refractivity contribution is 9.10. The van der Waals surface area contributed by atoms with Crippen LogP contribution in [0.25, 0.3) is 0 Å². The maximum atomic E-state index is 12.5. The first-order valence-electron chi connectivity index (χ1n) is 6.64. The van der Waals surface area contributed by atoms with Crippen LogP contribution in [0.2, 0.25) is 0 Å². The SMILES string of the molecule is CCCC(C(=O)Nc1ccc(Br)c(C)n1)n1cnc(Br)c1. The Labute approximate surface area is 140 Å². The van der Waals surface area contributed by atoms with Gasteiger partial charge in [0, 0.05) is 10.7 Å². The maximum Gasteiger partial charge on any atom is 0.248 e. The quantitative estimate of drug-likeness (QED) is 0.799. The summed E-state index contributed by atoms with van der Waals surface area (Å²) in [7, 11) is 0. The predicted octanol–water partition coefficient (Wildman–Crippen LogP) is 4.09. The molecule has 5 nitrogen and oxygen atoms in total. The van der Waals surface area contributed by atoms with Gasteiger partial charge in [-0.2, -0.15) is 0 Å². The van der Waals surface area contributed by atoms with Gasteiger partial charge in [0.05, 0.1) is 12.0 Å². The van der Waals surface area contributed by atoms with Crippen molar-refractivity contribution in [3.8, 4) is 0 Å². The molecule has 1 amide bonds. The fourth-order valence-corrected chi connectivity index (χ4v) is 2.54. The molecule has 0 bridgehead atoms. The van der Waals surface area contributed by atoms with Gasteiger partial charge in [-0.3, -0.25) is 4.79 Å². The van der Waals surface area contributed by atoms with E-state index in [4.69, 9.17) is 0 Å². The van der Waals surface area contributed by atoms with E-state index in [0.717, 1.165) is 23.0 Å². The third-order valence-electron chi connectivity index (χ3n) is 3.07. The van der Waals surface area contributed by atoms with Crippen LogP contribution in [0.5, 0.6) is 0 Å². The Morgan fingerprint density at radius 1 is 1.43 bits per heavy atom. The van der Waals surface area contributed by atoms with E-state index in [1.807, 2.05) is 24.5 Å². The van der Waals surface area contributed by atoms with E-state index in [1.54, 1.807) is 18.6 Å². The Morgan fingerprint density at radius 2 is 2.19 bits per heavy atom. The van der Waals surface area contributed by atoms with Gasteiger partial charge in [0.1, 0.15) is 16.5 Å². The molecular formula is C14H16Br2N4O. The number of halogens is 2. The number of hydrogen-bond donors (Lipinski definition) is 1. The Balaban J connectivity index is 2.16. The van der Waals surface area contributed by atoms with Crippen LogP contribution in [0.3, 0.4) is 0 Å². The highest BCUT2D eigenvalue weighted by Crippen LogP contribution is 2.20. The number of imidazole rings is 1. The fraction of sp³-hybridized carbons (Fsp3) is 0.357. The Bertz CT molecular complexity index is 642. The number of carbonyl (C=O) groups is 1. The first kappa shape index (κ1) is 16.2. The summed E-state index contributed by atoms with van der Waals surface area (Å²) in [6.45, 7) is 3.94. The monoisotopic (exact) mass is 414 g/mol. The first-order valence-corrected chi connectivity index (χ1v) is 8.23. The lowest BCUT2D eigenvalue weighted by atomic mass is 10.1. The minimum absolute atomic E-state index is 0.0871. The summed E-state index contributed by atoms with van der Waals surface area (Å²) in [5, 5.41) is 2.87. The molecule has 0 aromatic carbocycles. The third kappa shape index (κ3) is 4.14. The molecule has 0 aliphatic carbocycles. The van der Waals surface area contributed by atoms with Crippen molar-refractivity contribution in [2.45, 2.75) is 32.7 Å². The Hall–Kier alpha value is -1.21. The van der Waals surface area contributed by atoms with Crippen LogP contribution in [-0.4, -0.2) is 20.4 Å². The van der Waals surface area contributed by atoms with Crippen LogP contribution < -0.4 is 5.32 Å². The number of carbonyl (C=O) groups excluding carboxylic acids is 1. The normalized spacial score (nSPS) is 12.2. The van der Waals surface area contributed by atoms with Crippen LogP contribution in [0, 0.1) is 6.92 Å². The summed E-state index contributed by atoms with van der Waals surface area (Å²) in [5.41, 5.74) is 0.838. The number of nitrogens with zero attached hydrogens (tertiary/aromatic N) is 3. The molecule has 0 saturated heterocycles. The molecule has 21 heavy (non-hydrogen) atoms. The van der Waals surface area contributed by atoms with Gasteiger partial charge in [0.15, 0.2) is 0 Å². The molecule has 2 heterocycles. The zero-order chi connectivity index (χ0) is 15.4. The molecular weight excluding hydrogens is 400 g/mol. The van der Waals surface area contributed by atoms with Crippen LogP contribution in [0.4, 0.5) is 5.82 Å². The molecule has 1 N–H and O–H groups in total. The number of hydrogen-bond acceptors (Lipinski definition) is 3. The van der Waals surface area contributed by atoms with E-state index in [1.165, 1.54) is 0 Å². The van der Waals surface area contributed by atoms with Gasteiger partial charge >= 0.3 is 0 Å². The van der Waals surface area contributed by atoms with Crippen LogP contribution in [-0.2, 0) is 4.79 Å². The molecule has 1 atom stereocenters. The average Bonchev–Trinajstić information content (AvgIpc) is 2.86. The van der Waals surface area contributed by atoms with Crippen molar-refractivity contribution in [3.63, 3.8) is 0 Å². The molecule has 0 radical (unpaired) electrons. The molecule has 0 aliphatic rings. The van der Waals surface area contributed by atoms with Gasteiger partial charge in [0.2, 0.25) is 5.91 Å². The van der Waals surface area contributed by atoms with Gasteiger partial charge < -0.3 is 9.88 Å². The number of pyridine rings is 1. The second-order valence-electron chi connectivity index (χ2n) is 4.70. The van der Waals surface area contributed by atoms with Crippen LogP contribution in [0.15, 0.2) is 33.7 Å². The number of nitrogens with one attached hydrogen (secondary N) is 1. The van der Waals surface area contributed by atoms with Crippen molar-refractivity contribution < 1.29 is 4.79 Å². The average molecular weight is 416 g/mol. The van der Waals surface area contributed by atoms with Gasteiger partial charge in [-0.05, 0) is 57.3 Å². The van der Waals surface area contributed by atoms with Gasteiger partial charge in [-0.25, -0.2) is 9.97 Å². The molecule has 0 spiro atoms. The fourth-order valence-electron chi connectivity index (χ4n) is 1.99. The summed E-state index contributed by atoms with van der Waals surface area (Å²) in [4.78, 5) is 20.9. The summed E-state index contributed by atoms with van der Waals surface area (Å²) >= 11 is 6.70. The van der Waals surface area contributed by atoms with Crippen molar-refractivity contribution >= 4 is 43.6 Å². The second-order valence-corrected chi connectivity index (χ2v) is 6.37. The minimum Gasteiger partial charge on any atom is -0.324 e. The maximum absolute atomic E-state index is 12.5. The van der Waals surface area contributed by atoms with E-state index in [0.29, 0.717) is 10.4 Å². The predicted molar refractivity (Wildman–Crippen MR) is 89.2 cm³/mol. The molecule has 2 aromatic heterocycles. The Morgan fingerprint density at radius 3 is 2.76 bits per heavy atom. The highest BCUT2D eigenvalue weighted by Gasteiger charge is 2.20. The molecule has 7 heteroatoms. The van der Waals surface area contributed by atoms with Crippen LogP contribution in [0.1, 0.15) is 31.5 Å². The van der Waals surface area contributed by atoms with E-state index in [9.17, 15) is 4.79 Å². The summed E-state index contributed by atoms with van der Waals surface area (Å²) < 4.78 is 3.45. The highest BCUT2D eigenvalue weighted by atomic mass is 79.9. The zero-order valence-electron chi connectivity index (χ0n) is 11.8.